The van der Waals surface area contributed by atoms with Crippen LogP contribution in [0.3, 0.4) is 0 Å². The summed E-state index contributed by atoms with van der Waals surface area (Å²) in [5, 5.41) is 12.8. The first kappa shape index (κ1) is 18.6. The van der Waals surface area contributed by atoms with E-state index >= 15 is 0 Å². The summed E-state index contributed by atoms with van der Waals surface area (Å²) in [6.07, 6.45) is 9.48. The van der Waals surface area contributed by atoms with E-state index in [1.165, 1.54) is 19.0 Å². The quantitative estimate of drug-likeness (QED) is 0.525. The lowest BCUT2D eigenvalue weighted by molar-refractivity contribution is 0.102. The van der Waals surface area contributed by atoms with E-state index in [0.29, 0.717) is 35.2 Å². The Morgan fingerprint density at radius 1 is 1.27 bits per heavy atom. The molecule has 0 spiro atoms. The lowest BCUT2D eigenvalue weighted by Gasteiger charge is -2.12. The molecule has 0 radical (unpaired) electrons. The van der Waals surface area contributed by atoms with Gasteiger partial charge in [-0.2, -0.15) is 10.2 Å². The lowest BCUT2D eigenvalue weighted by atomic mass is 10.2. The molecule has 3 heterocycles. The van der Waals surface area contributed by atoms with Crippen molar-refractivity contribution in [3.05, 3.63) is 48.0 Å². The van der Waals surface area contributed by atoms with E-state index in [0.717, 1.165) is 16.5 Å². The molecular weight excluding hydrogens is 380 g/mol. The minimum Gasteiger partial charge on any atom is -0.491 e. The van der Waals surface area contributed by atoms with Crippen LogP contribution in [0.1, 0.15) is 48.7 Å². The summed E-state index contributed by atoms with van der Waals surface area (Å²) in [7, 11) is 0. The average molecular weight is 404 g/mol. The smallest absolute Gasteiger partial charge is 0.261 e. The first-order valence-electron chi connectivity index (χ1n) is 10.2. The molecule has 0 unspecified atom stereocenters. The molecule has 3 aromatic heterocycles. The molecule has 1 aromatic carbocycles. The van der Waals surface area contributed by atoms with E-state index in [4.69, 9.17) is 4.74 Å². The summed E-state index contributed by atoms with van der Waals surface area (Å²) >= 11 is 0. The number of hydrogen-bond acceptors (Lipinski definition) is 5. The second-order valence-corrected chi connectivity index (χ2v) is 8.28. The Morgan fingerprint density at radius 2 is 2.10 bits per heavy atom. The predicted molar refractivity (Wildman–Crippen MR) is 114 cm³/mol. The zero-order valence-electron chi connectivity index (χ0n) is 17.3. The summed E-state index contributed by atoms with van der Waals surface area (Å²) in [5.41, 5.74) is 3.39. The molecule has 154 valence electrons. The number of rotatable bonds is 6. The van der Waals surface area contributed by atoms with Gasteiger partial charge in [-0.25, -0.2) is 9.50 Å². The molecular formula is C22H24N6O2. The lowest BCUT2D eigenvalue weighted by Crippen LogP contribution is -2.13. The van der Waals surface area contributed by atoms with Gasteiger partial charge in [0.25, 0.3) is 5.91 Å². The van der Waals surface area contributed by atoms with E-state index in [1.807, 2.05) is 36.1 Å². The number of hydrogen-bond donors (Lipinski definition) is 1. The van der Waals surface area contributed by atoms with Crippen molar-refractivity contribution in [3.63, 3.8) is 0 Å². The number of nitrogens with one attached hydrogen (secondary N) is 1. The molecule has 30 heavy (non-hydrogen) atoms. The first-order chi connectivity index (χ1) is 14.5. The number of fused-ring (bicyclic) bond motifs is 2. The van der Waals surface area contributed by atoms with E-state index in [1.54, 1.807) is 10.7 Å². The van der Waals surface area contributed by atoms with Crippen molar-refractivity contribution in [3.8, 4) is 5.75 Å². The van der Waals surface area contributed by atoms with Crippen molar-refractivity contribution < 1.29 is 9.53 Å². The summed E-state index contributed by atoms with van der Waals surface area (Å²) in [6, 6.07) is 4.08. The maximum Gasteiger partial charge on any atom is 0.261 e. The van der Waals surface area contributed by atoms with E-state index in [9.17, 15) is 4.79 Å². The fraction of sp³-hybridized carbons (Fsp3) is 0.364. The molecule has 0 aliphatic heterocycles. The van der Waals surface area contributed by atoms with Gasteiger partial charge in [0.15, 0.2) is 5.65 Å². The number of amides is 1. The highest BCUT2D eigenvalue weighted by Crippen LogP contribution is 2.34. The van der Waals surface area contributed by atoms with Crippen LogP contribution in [-0.4, -0.2) is 36.9 Å². The van der Waals surface area contributed by atoms with Crippen LogP contribution in [0.4, 0.5) is 5.69 Å². The van der Waals surface area contributed by atoms with Gasteiger partial charge in [0.2, 0.25) is 0 Å². The summed E-state index contributed by atoms with van der Waals surface area (Å²) in [4.78, 5) is 17.4. The molecule has 5 rings (SSSR count). The number of carbonyl (C=O) groups is 1. The minimum absolute atomic E-state index is 0.250. The van der Waals surface area contributed by atoms with Crippen LogP contribution in [0, 0.1) is 12.8 Å². The van der Waals surface area contributed by atoms with Crippen LogP contribution in [0.2, 0.25) is 0 Å². The highest BCUT2D eigenvalue weighted by molar-refractivity contribution is 6.09. The molecule has 1 aliphatic carbocycles. The maximum atomic E-state index is 13.0. The zero-order valence-corrected chi connectivity index (χ0v) is 17.3. The Morgan fingerprint density at radius 3 is 2.87 bits per heavy atom. The third-order valence-corrected chi connectivity index (χ3v) is 5.30. The Bertz CT molecular complexity index is 1250. The molecule has 0 bridgehead atoms. The third kappa shape index (κ3) is 3.49. The maximum absolute atomic E-state index is 13.0. The Hall–Kier alpha value is -3.42. The molecule has 8 nitrogen and oxygen atoms in total. The predicted octanol–water partition coefficient (Wildman–Crippen LogP) is 4.01. The number of carbonyl (C=O) groups excluding carboxylic acids is 1. The second kappa shape index (κ2) is 7.12. The minimum atomic E-state index is -0.270. The van der Waals surface area contributed by atoms with Crippen molar-refractivity contribution in [1.82, 2.24) is 24.4 Å². The average Bonchev–Trinajstić information content (AvgIpc) is 3.29. The van der Waals surface area contributed by atoms with Gasteiger partial charge < -0.3 is 10.1 Å². The Labute approximate surface area is 173 Å². The van der Waals surface area contributed by atoms with Gasteiger partial charge in [-0.3, -0.25) is 9.48 Å². The molecule has 1 aliphatic rings. The molecule has 0 atom stereocenters. The fourth-order valence-electron chi connectivity index (χ4n) is 3.36. The zero-order chi connectivity index (χ0) is 20.8. The summed E-state index contributed by atoms with van der Waals surface area (Å²) < 4.78 is 9.59. The van der Waals surface area contributed by atoms with Crippen molar-refractivity contribution in [1.29, 1.82) is 0 Å². The van der Waals surface area contributed by atoms with Crippen LogP contribution < -0.4 is 10.1 Å². The highest BCUT2D eigenvalue weighted by Gasteiger charge is 2.23. The van der Waals surface area contributed by atoms with Gasteiger partial charge >= 0.3 is 0 Å². The molecule has 1 saturated carbocycles. The van der Waals surface area contributed by atoms with Crippen LogP contribution in [0.15, 0.2) is 36.9 Å². The number of aryl methyl sites for hydroxylation is 1. The van der Waals surface area contributed by atoms with Gasteiger partial charge in [0.1, 0.15) is 11.3 Å². The molecule has 1 fully saturated rings. The van der Waals surface area contributed by atoms with Crippen molar-refractivity contribution in [2.45, 2.75) is 39.7 Å². The Balaban J connectivity index is 1.50. The van der Waals surface area contributed by atoms with E-state index in [2.05, 4.69) is 34.3 Å². The number of anilines is 1. The van der Waals surface area contributed by atoms with Gasteiger partial charge in [-0.05, 0) is 51.2 Å². The monoisotopic (exact) mass is 404 g/mol. The van der Waals surface area contributed by atoms with Crippen LogP contribution in [0.5, 0.6) is 5.75 Å². The van der Waals surface area contributed by atoms with Gasteiger partial charge in [-0.15, -0.1) is 0 Å². The van der Waals surface area contributed by atoms with Crippen LogP contribution >= 0.6 is 0 Å². The fourth-order valence-corrected chi connectivity index (χ4v) is 3.36. The van der Waals surface area contributed by atoms with Gasteiger partial charge in [0, 0.05) is 36.1 Å². The second-order valence-electron chi connectivity index (χ2n) is 8.28. The van der Waals surface area contributed by atoms with Crippen molar-refractivity contribution in [2.75, 3.05) is 11.9 Å². The molecule has 4 aromatic rings. The third-order valence-electron chi connectivity index (χ3n) is 5.30. The largest absolute Gasteiger partial charge is 0.491 e. The number of benzene rings is 1. The summed E-state index contributed by atoms with van der Waals surface area (Å²) in [6.45, 7) is 6.75. The van der Waals surface area contributed by atoms with Gasteiger partial charge in [0.05, 0.1) is 24.0 Å². The SMILES string of the molecule is Cc1cnc2c(C(=O)Nc3cc4cn(C(C)C)nc4cc3OCC3CC3)cnn2c1. The normalized spacial score (nSPS) is 14.0. The topological polar surface area (TPSA) is 86.3 Å². The summed E-state index contributed by atoms with van der Waals surface area (Å²) in [5.74, 6) is 0.967. The molecule has 8 heteroatoms. The van der Waals surface area contributed by atoms with Crippen molar-refractivity contribution in [2.24, 2.45) is 5.92 Å². The molecule has 1 amide bonds. The highest BCUT2D eigenvalue weighted by atomic mass is 16.5. The molecule has 0 saturated heterocycles. The van der Waals surface area contributed by atoms with Gasteiger partial charge in [-0.1, -0.05) is 0 Å². The number of nitrogens with zero attached hydrogens (tertiary/aromatic N) is 5. The number of aromatic nitrogens is 5. The first-order valence-corrected chi connectivity index (χ1v) is 10.2. The van der Waals surface area contributed by atoms with E-state index < -0.39 is 0 Å². The molecule has 1 N–H and O–H groups in total. The van der Waals surface area contributed by atoms with Crippen LogP contribution in [-0.2, 0) is 0 Å². The van der Waals surface area contributed by atoms with Crippen LogP contribution in [0.25, 0.3) is 16.6 Å². The Kier molecular flexibility index (Phi) is 4.42. The standard InChI is InChI=1S/C22H24N6O2/c1-13(2)27-11-16-6-19(20(7-18(16)26-27)30-12-15-4-5-15)25-22(29)17-9-24-28-10-14(3)8-23-21(17)28/h6-11,13,15H,4-5,12H2,1-3H3,(H,25,29). The number of ether oxygens (including phenoxy) is 1. The van der Waals surface area contributed by atoms with E-state index in [-0.39, 0.29) is 11.9 Å². The van der Waals surface area contributed by atoms with Crippen molar-refractivity contribution >= 4 is 28.1 Å².